The van der Waals surface area contributed by atoms with E-state index in [4.69, 9.17) is 0 Å². The fourth-order valence-electron chi connectivity index (χ4n) is 3.89. The summed E-state index contributed by atoms with van der Waals surface area (Å²) in [6.45, 7) is 8.92. The highest BCUT2D eigenvalue weighted by atomic mass is 14.1. The van der Waals surface area contributed by atoms with Gasteiger partial charge in [0.25, 0.3) is 0 Å². The van der Waals surface area contributed by atoms with Crippen molar-refractivity contribution in [2.75, 3.05) is 0 Å². The lowest BCUT2D eigenvalue weighted by Crippen LogP contribution is -1.87. The molecular formula is C32H32. The predicted octanol–water partition coefficient (Wildman–Crippen LogP) is 9.44. The Morgan fingerprint density at radius 1 is 0.375 bits per heavy atom. The first kappa shape index (κ1) is 21.8. The Hall–Kier alpha value is -3.38. The van der Waals surface area contributed by atoms with E-state index in [9.17, 15) is 0 Å². The van der Waals surface area contributed by atoms with Gasteiger partial charge in [0, 0.05) is 0 Å². The summed E-state index contributed by atoms with van der Waals surface area (Å²) < 4.78 is 0. The number of hydrogen-bond donors (Lipinski definition) is 0. The summed E-state index contributed by atoms with van der Waals surface area (Å²) in [5.74, 6) is 1.13. The Morgan fingerprint density at radius 2 is 0.625 bits per heavy atom. The largest absolute Gasteiger partial charge is 0.0587 e. The van der Waals surface area contributed by atoms with Crippen LogP contribution in [0.5, 0.6) is 0 Å². The molecule has 0 nitrogen and oxygen atoms in total. The molecule has 0 aliphatic heterocycles. The third-order valence-corrected chi connectivity index (χ3v) is 6.11. The third kappa shape index (κ3) is 5.26. The van der Waals surface area contributed by atoms with Crippen LogP contribution in [0.15, 0.2) is 97.1 Å². The number of hydrogen-bond acceptors (Lipinski definition) is 0. The number of rotatable bonds is 6. The molecule has 0 unspecified atom stereocenters. The van der Waals surface area contributed by atoms with Gasteiger partial charge in [-0.25, -0.2) is 0 Å². The zero-order valence-electron chi connectivity index (χ0n) is 19.5. The minimum absolute atomic E-state index is 0.566. The first-order valence-electron chi connectivity index (χ1n) is 11.6. The van der Waals surface area contributed by atoms with Crippen molar-refractivity contribution in [3.63, 3.8) is 0 Å². The molecular weight excluding hydrogens is 384 g/mol. The molecule has 0 saturated carbocycles. The smallest absolute Gasteiger partial charge is 0.0184 e. The van der Waals surface area contributed by atoms with Crippen LogP contribution in [0.2, 0.25) is 0 Å². The van der Waals surface area contributed by atoms with Crippen LogP contribution in [0, 0.1) is 0 Å². The van der Waals surface area contributed by atoms with Crippen molar-refractivity contribution >= 4 is 12.2 Å². The summed E-state index contributed by atoms with van der Waals surface area (Å²) >= 11 is 0. The van der Waals surface area contributed by atoms with Crippen molar-refractivity contribution in [3.8, 4) is 22.3 Å². The van der Waals surface area contributed by atoms with Crippen molar-refractivity contribution in [2.45, 2.75) is 39.5 Å². The minimum atomic E-state index is 0.566. The maximum absolute atomic E-state index is 2.23. The first-order chi connectivity index (χ1) is 15.5. The first-order valence-corrected chi connectivity index (χ1v) is 11.6. The van der Waals surface area contributed by atoms with Crippen LogP contribution >= 0.6 is 0 Å². The summed E-state index contributed by atoms with van der Waals surface area (Å²) in [5, 5.41) is 0. The van der Waals surface area contributed by atoms with Crippen LogP contribution in [0.4, 0.5) is 0 Å². The van der Waals surface area contributed by atoms with Gasteiger partial charge in [0.05, 0.1) is 0 Å². The molecule has 0 heterocycles. The molecule has 4 aromatic carbocycles. The molecule has 4 aromatic rings. The maximum Gasteiger partial charge on any atom is -0.0184 e. The van der Waals surface area contributed by atoms with Gasteiger partial charge in [-0.05, 0) is 56.3 Å². The van der Waals surface area contributed by atoms with E-state index in [1.807, 2.05) is 0 Å². The summed E-state index contributed by atoms with van der Waals surface area (Å²) in [6.07, 6.45) is 4.36. The van der Waals surface area contributed by atoms with Crippen molar-refractivity contribution in [2.24, 2.45) is 0 Å². The van der Waals surface area contributed by atoms with Crippen LogP contribution in [0.3, 0.4) is 0 Å². The van der Waals surface area contributed by atoms with Gasteiger partial charge in [0.15, 0.2) is 0 Å². The summed E-state index contributed by atoms with van der Waals surface area (Å²) in [4.78, 5) is 0. The third-order valence-electron chi connectivity index (χ3n) is 6.11. The van der Waals surface area contributed by atoms with Gasteiger partial charge in [-0.15, -0.1) is 0 Å². The predicted molar refractivity (Wildman–Crippen MR) is 141 cm³/mol. The van der Waals surface area contributed by atoms with E-state index in [2.05, 4.69) is 137 Å². The standard InChI is InChI=1S/C32H32/c1-23(2)27-15-19-31(20-16-27)29-11-7-25(8-12-29)5-6-26-9-13-30(14-10-26)32-21-17-28(18-22-32)24(3)4/h5-24H,1-4H3/b6-5+. The molecule has 0 aliphatic carbocycles. The van der Waals surface area contributed by atoms with E-state index < -0.39 is 0 Å². The highest BCUT2D eigenvalue weighted by Crippen LogP contribution is 2.25. The number of benzene rings is 4. The lowest BCUT2D eigenvalue weighted by atomic mass is 9.98. The van der Waals surface area contributed by atoms with Gasteiger partial charge in [0.2, 0.25) is 0 Å². The molecule has 0 aromatic heterocycles. The lowest BCUT2D eigenvalue weighted by molar-refractivity contribution is 0.867. The highest BCUT2D eigenvalue weighted by molar-refractivity contribution is 5.74. The van der Waals surface area contributed by atoms with Crippen molar-refractivity contribution in [1.29, 1.82) is 0 Å². The second-order valence-electron chi connectivity index (χ2n) is 9.13. The molecule has 4 rings (SSSR count). The molecule has 0 radical (unpaired) electrons. The summed E-state index contributed by atoms with van der Waals surface area (Å²) in [7, 11) is 0. The van der Waals surface area contributed by atoms with Crippen molar-refractivity contribution in [3.05, 3.63) is 119 Å². The van der Waals surface area contributed by atoms with Crippen LogP contribution < -0.4 is 0 Å². The van der Waals surface area contributed by atoms with Gasteiger partial charge in [-0.2, -0.15) is 0 Å². The van der Waals surface area contributed by atoms with Gasteiger partial charge >= 0.3 is 0 Å². The van der Waals surface area contributed by atoms with Crippen molar-refractivity contribution < 1.29 is 0 Å². The molecule has 0 spiro atoms. The molecule has 0 atom stereocenters. The van der Waals surface area contributed by atoms with Crippen LogP contribution in [0.1, 0.15) is 61.8 Å². The average Bonchev–Trinajstić information content (AvgIpc) is 2.83. The fourth-order valence-corrected chi connectivity index (χ4v) is 3.89. The quantitative estimate of drug-likeness (QED) is 0.275. The second kappa shape index (κ2) is 9.83. The van der Waals surface area contributed by atoms with Crippen LogP contribution in [0.25, 0.3) is 34.4 Å². The Labute approximate surface area is 193 Å². The van der Waals surface area contributed by atoms with Gasteiger partial charge in [-0.3, -0.25) is 0 Å². The van der Waals surface area contributed by atoms with Gasteiger partial charge < -0.3 is 0 Å². The molecule has 0 bridgehead atoms. The minimum Gasteiger partial charge on any atom is -0.0587 e. The zero-order chi connectivity index (χ0) is 22.5. The van der Waals surface area contributed by atoms with E-state index in [1.165, 1.54) is 44.5 Å². The van der Waals surface area contributed by atoms with E-state index in [-0.39, 0.29) is 0 Å². The lowest BCUT2D eigenvalue weighted by Gasteiger charge is -2.08. The van der Waals surface area contributed by atoms with E-state index in [1.54, 1.807) is 0 Å². The Balaban J connectivity index is 1.42. The average molecular weight is 417 g/mol. The Kier molecular flexibility index (Phi) is 6.71. The van der Waals surface area contributed by atoms with Crippen LogP contribution in [-0.2, 0) is 0 Å². The SMILES string of the molecule is CC(C)c1ccc(-c2ccc(/C=C/c3ccc(-c4ccc(C(C)C)cc4)cc3)cc2)cc1. The second-order valence-corrected chi connectivity index (χ2v) is 9.13. The molecule has 0 amide bonds. The molecule has 0 saturated heterocycles. The van der Waals surface area contributed by atoms with E-state index in [0.717, 1.165) is 0 Å². The van der Waals surface area contributed by atoms with Crippen molar-refractivity contribution in [1.82, 2.24) is 0 Å². The van der Waals surface area contributed by atoms with E-state index >= 15 is 0 Å². The highest BCUT2D eigenvalue weighted by Gasteiger charge is 2.02. The Bertz CT molecular complexity index is 1060. The maximum atomic E-state index is 2.23. The summed E-state index contributed by atoms with van der Waals surface area (Å²) in [5.41, 5.74) is 10.2. The normalized spacial score (nSPS) is 11.6. The fraction of sp³-hybridized carbons (Fsp3) is 0.188. The Morgan fingerprint density at radius 3 is 0.875 bits per heavy atom. The van der Waals surface area contributed by atoms with E-state index in [0.29, 0.717) is 11.8 Å². The van der Waals surface area contributed by atoms with Gasteiger partial charge in [-0.1, -0.05) is 137 Å². The topological polar surface area (TPSA) is 0 Å². The van der Waals surface area contributed by atoms with Gasteiger partial charge in [0.1, 0.15) is 0 Å². The van der Waals surface area contributed by atoms with Crippen LogP contribution in [-0.4, -0.2) is 0 Å². The molecule has 0 N–H and O–H groups in total. The summed E-state index contributed by atoms with van der Waals surface area (Å²) in [6, 6.07) is 35.4. The molecule has 0 fully saturated rings. The zero-order valence-corrected chi connectivity index (χ0v) is 19.5. The monoisotopic (exact) mass is 416 g/mol. The molecule has 160 valence electrons. The molecule has 0 aliphatic rings. The molecule has 32 heavy (non-hydrogen) atoms. The molecule has 0 heteroatoms.